The van der Waals surface area contributed by atoms with E-state index in [1.807, 2.05) is 0 Å². The van der Waals surface area contributed by atoms with E-state index >= 15 is 0 Å². The molecule has 2 amide bonds. The first-order valence-electron chi connectivity index (χ1n) is 5.78. The van der Waals surface area contributed by atoms with Crippen molar-refractivity contribution in [2.45, 2.75) is 33.3 Å². The van der Waals surface area contributed by atoms with Crippen molar-refractivity contribution in [1.29, 1.82) is 0 Å². The number of hydrogen-bond donors (Lipinski definition) is 2. The third kappa shape index (κ3) is 7.78. The number of halogens is 1. The average molecular weight is 351 g/mol. The molecule has 0 aromatic carbocycles. The molecule has 0 rings (SSSR count). The Hall–Kier alpha value is -1.57. The lowest BCUT2D eigenvalue weighted by Gasteiger charge is -2.19. The van der Waals surface area contributed by atoms with Gasteiger partial charge in [0, 0.05) is 4.48 Å². The Labute approximate surface area is 126 Å². The van der Waals surface area contributed by atoms with E-state index in [0.29, 0.717) is 4.48 Å². The third-order valence-electron chi connectivity index (χ3n) is 1.79. The summed E-state index contributed by atoms with van der Waals surface area (Å²) in [6.07, 6.45) is -0.716. The highest BCUT2D eigenvalue weighted by Crippen LogP contribution is 2.09. The molecule has 2 N–H and O–H groups in total. The molecule has 8 heteroatoms. The van der Waals surface area contributed by atoms with Crippen LogP contribution in [0.15, 0.2) is 10.2 Å². The lowest BCUT2D eigenvalue weighted by Crippen LogP contribution is -2.40. The zero-order chi connectivity index (χ0) is 15.9. The molecule has 20 heavy (non-hydrogen) atoms. The predicted molar refractivity (Wildman–Crippen MR) is 76.0 cm³/mol. The van der Waals surface area contributed by atoms with E-state index in [-0.39, 0.29) is 12.2 Å². The number of allylic oxidation sites excluding steroid dienone is 1. The summed E-state index contributed by atoms with van der Waals surface area (Å²) in [5.74, 6) is -1.26. The fourth-order valence-corrected chi connectivity index (χ4v) is 1.29. The van der Waals surface area contributed by atoms with Crippen LogP contribution in [-0.2, 0) is 19.1 Å². The van der Waals surface area contributed by atoms with Gasteiger partial charge in [-0.15, -0.1) is 0 Å². The number of nitrogens with one attached hydrogen (secondary N) is 2. The average Bonchev–Trinajstić information content (AvgIpc) is 2.30. The molecule has 114 valence electrons. The Balaban J connectivity index is 4.40. The summed E-state index contributed by atoms with van der Waals surface area (Å²) in [5.41, 5.74) is -0.673. The van der Waals surface area contributed by atoms with Crippen LogP contribution in [0, 0.1) is 0 Å². The van der Waals surface area contributed by atoms with Crippen molar-refractivity contribution in [2.24, 2.45) is 0 Å². The van der Waals surface area contributed by atoms with Crippen molar-refractivity contribution >= 4 is 33.9 Å². The first-order valence-corrected chi connectivity index (χ1v) is 6.57. The topological polar surface area (TPSA) is 93.7 Å². The van der Waals surface area contributed by atoms with Gasteiger partial charge in [-0.25, -0.2) is 9.59 Å². The molecule has 0 bridgehead atoms. The fourth-order valence-electron chi connectivity index (χ4n) is 1.03. The predicted octanol–water partition coefficient (Wildman–Crippen LogP) is 1.43. The molecular weight excluding hydrogens is 332 g/mol. The summed E-state index contributed by atoms with van der Waals surface area (Å²) in [6, 6.07) is 0. The van der Waals surface area contributed by atoms with Crippen LogP contribution < -0.4 is 10.6 Å². The molecule has 0 unspecified atom stereocenters. The number of methoxy groups -OCH3 is 1. The molecule has 0 spiro atoms. The summed E-state index contributed by atoms with van der Waals surface area (Å²) in [4.78, 5) is 34.3. The van der Waals surface area contributed by atoms with Crippen molar-refractivity contribution < 1.29 is 23.9 Å². The van der Waals surface area contributed by atoms with E-state index in [9.17, 15) is 14.4 Å². The van der Waals surface area contributed by atoms with Crippen molar-refractivity contribution in [3.05, 3.63) is 10.2 Å². The van der Waals surface area contributed by atoms with E-state index in [0.717, 1.165) is 0 Å². The lowest BCUT2D eigenvalue weighted by atomic mass is 10.2. The molecule has 7 nitrogen and oxygen atoms in total. The van der Waals surface area contributed by atoms with E-state index in [1.165, 1.54) is 7.11 Å². The smallest absolute Gasteiger partial charge is 0.408 e. The molecule has 0 saturated carbocycles. The Bertz CT molecular complexity index is 422. The summed E-state index contributed by atoms with van der Waals surface area (Å²) in [7, 11) is 1.20. The second kappa shape index (κ2) is 7.88. The zero-order valence-electron chi connectivity index (χ0n) is 12.1. The highest BCUT2D eigenvalue weighted by atomic mass is 79.9. The SMILES string of the molecule is COC(=O)/C(NC(=O)CNC(=O)OC(C)(C)C)=C(/C)Br. The molecule has 0 atom stereocenters. The molecular formula is C12H19BrN2O5. The molecule has 0 heterocycles. The Morgan fingerprint density at radius 1 is 1.20 bits per heavy atom. The van der Waals surface area contributed by atoms with Crippen LogP contribution in [0.25, 0.3) is 0 Å². The van der Waals surface area contributed by atoms with E-state index < -0.39 is 23.6 Å². The lowest BCUT2D eigenvalue weighted by molar-refractivity contribution is -0.137. The third-order valence-corrected chi connectivity index (χ3v) is 2.19. The normalized spacial score (nSPS) is 12.1. The molecule has 0 saturated heterocycles. The van der Waals surface area contributed by atoms with Crippen LogP contribution in [-0.4, -0.2) is 37.2 Å². The second-order valence-electron chi connectivity index (χ2n) is 4.80. The minimum Gasteiger partial charge on any atom is -0.464 e. The molecule has 0 aromatic rings. The maximum absolute atomic E-state index is 11.6. The van der Waals surface area contributed by atoms with Crippen LogP contribution in [0.4, 0.5) is 4.79 Å². The van der Waals surface area contributed by atoms with Gasteiger partial charge in [-0.1, -0.05) is 15.9 Å². The van der Waals surface area contributed by atoms with Gasteiger partial charge in [0.25, 0.3) is 0 Å². The van der Waals surface area contributed by atoms with Gasteiger partial charge >= 0.3 is 12.1 Å². The van der Waals surface area contributed by atoms with Crippen LogP contribution in [0.3, 0.4) is 0 Å². The van der Waals surface area contributed by atoms with E-state index in [2.05, 4.69) is 31.3 Å². The van der Waals surface area contributed by atoms with Crippen LogP contribution >= 0.6 is 15.9 Å². The van der Waals surface area contributed by atoms with Crippen molar-refractivity contribution in [3.63, 3.8) is 0 Å². The van der Waals surface area contributed by atoms with Crippen molar-refractivity contribution in [3.8, 4) is 0 Å². The maximum atomic E-state index is 11.6. The number of hydrogen-bond acceptors (Lipinski definition) is 5. The first kappa shape index (κ1) is 18.4. The number of carbonyl (C=O) groups excluding carboxylic acids is 3. The maximum Gasteiger partial charge on any atom is 0.408 e. The zero-order valence-corrected chi connectivity index (χ0v) is 13.7. The molecule has 0 aliphatic carbocycles. The van der Waals surface area contributed by atoms with E-state index in [4.69, 9.17) is 4.74 Å². The number of ether oxygens (including phenoxy) is 2. The van der Waals surface area contributed by atoms with Gasteiger partial charge < -0.3 is 20.1 Å². The summed E-state index contributed by atoms with van der Waals surface area (Å²) >= 11 is 3.08. The summed E-state index contributed by atoms with van der Waals surface area (Å²) < 4.78 is 9.89. The van der Waals surface area contributed by atoms with Gasteiger partial charge in [-0.3, -0.25) is 4.79 Å². The number of alkyl carbamates (subject to hydrolysis) is 1. The fraction of sp³-hybridized carbons (Fsp3) is 0.583. The Morgan fingerprint density at radius 3 is 2.15 bits per heavy atom. The summed E-state index contributed by atoms with van der Waals surface area (Å²) in [5, 5.41) is 4.61. The Kier molecular flexibility index (Phi) is 7.26. The van der Waals surface area contributed by atoms with Gasteiger partial charge in [0.15, 0.2) is 0 Å². The number of rotatable bonds is 4. The van der Waals surface area contributed by atoms with E-state index in [1.54, 1.807) is 27.7 Å². The molecule has 0 fully saturated rings. The van der Waals surface area contributed by atoms with Gasteiger partial charge in [-0.05, 0) is 27.7 Å². The van der Waals surface area contributed by atoms with Crippen LogP contribution in [0.2, 0.25) is 0 Å². The van der Waals surface area contributed by atoms with Gasteiger partial charge in [0.2, 0.25) is 5.91 Å². The first-order chi connectivity index (χ1) is 9.06. The largest absolute Gasteiger partial charge is 0.464 e. The van der Waals surface area contributed by atoms with Crippen molar-refractivity contribution in [2.75, 3.05) is 13.7 Å². The number of esters is 1. The van der Waals surface area contributed by atoms with Crippen LogP contribution in [0.5, 0.6) is 0 Å². The molecule has 0 radical (unpaired) electrons. The monoisotopic (exact) mass is 350 g/mol. The second-order valence-corrected chi connectivity index (χ2v) is 5.99. The van der Waals surface area contributed by atoms with Crippen LogP contribution in [0.1, 0.15) is 27.7 Å². The van der Waals surface area contributed by atoms with Crippen molar-refractivity contribution in [1.82, 2.24) is 10.6 Å². The Morgan fingerprint density at radius 2 is 1.75 bits per heavy atom. The standard InChI is InChI=1S/C12H19BrN2O5/c1-7(13)9(10(17)19-5)15-8(16)6-14-11(18)20-12(2,3)4/h6H2,1-5H3,(H,14,18)(H,15,16)/b9-7+. The molecule has 0 aromatic heterocycles. The number of amides is 2. The minimum atomic E-state index is -0.716. The van der Waals surface area contributed by atoms with Gasteiger partial charge in [0.05, 0.1) is 7.11 Å². The highest BCUT2D eigenvalue weighted by molar-refractivity contribution is 9.11. The summed E-state index contributed by atoms with van der Waals surface area (Å²) in [6.45, 7) is 6.38. The molecule has 0 aliphatic rings. The van der Waals surface area contributed by atoms with Gasteiger partial charge in [0.1, 0.15) is 17.8 Å². The highest BCUT2D eigenvalue weighted by Gasteiger charge is 2.18. The quantitative estimate of drug-likeness (QED) is 0.590. The minimum absolute atomic E-state index is 0.0245. The number of carbonyl (C=O) groups is 3. The molecule has 0 aliphatic heterocycles. The van der Waals surface area contributed by atoms with Gasteiger partial charge in [-0.2, -0.15) is 0 Å².